The van der Waals surface area contributed by atoms with E-state index in [2.05, 4.69) is 19.0 Å². The zero-order valence-corrected chi connectivity index (χ0v) is 27.9. The van der Waals surface area contributed by atoms with Crippen LogP contribution in [0.2, 0.25) is 0 Å². The van der Waals surface area contributed by atoms with E-state index in [9.17, 15) is 56.8 Å². The highest BCUT2D eigenvalue weighted by Crippen LogP contribution is 2.32. The molecule has 3 aliphatic rings. The molecule has 0 bridgehead atoms. The number of hydrogen-bond donors (Lipinski definition) is 9. The van der Waals surface area contributed by atoms with Gasteiger partial charge in [0, 0.05) is 46.5 Å². The van der Waals surface area contributed by atoms with Crippen molar-refractivity contribution in [3.8, 4) is 0 Å². The van der Waals surface area contributed by atoms with Gasteiger partial charge in [-0.1, -0.05) is 0 Å². The number of nitrogens with zero attached hydrogens (tertiary/aromatic N) is 1. The van der Waals surface area contributed by atoms with E-state index in [4.69, 9.17) is 28.1 Å². The maximum absolute atomic E-state index is 12.5. The molecule has 0 radical (unpaired) electrons. The maximum Gasteiger partial charge on any atom is 0.397 e. The average Bonchev–Trinajstić information content (AvgIpc) is 2.97. The first-order chi connectivity index (χ1) is 22.6. The molecule has 0 saturated carbocycles. The first-order valence-electron chi connectivity index (χ1n) is 14.6. The minimum atomic E-state index is -5.03. The van der Waals surface area contributed by atoms with E-state index in [0.29, 0.717) is 0 Å². The van der Waals surface area contributed by atoms with Crippen LogP contribution in [0.3, 0.4) is 0 Å². The number of carbonyl (C=O) groups excluding carboxylic acids is 2. The molecule has 3 heterocycles. The molecular weight excluding hydrogens is 714 g/mol. The third kappa shape index (κ3) is 11.4. The fourth-order valence-electron chi connectivity index (χ4n) is 5.96. The van der Waals surface area contributed by atoms with E-state index in [1.54, 1.807) is 0 Å². The smallest absolute Gasteiger partial charge is 0.397 e. The van der Waals surface area contributed by atoms with Gasteiger partial charge in [0.05, 0.1) is 37.4 Å². The molecule has 23 nitrogen and oxygen atoms in total. The van der Waals surface area contributed by atoms with Gasteiger partial charge in [-0.2, -0.15) is 16.8 Å². The number of aliphatic hydroxyl groups excluding tert-OH is 4. The second-order valence-corrected chi connectivity index (χ2v) is 13.8. The number of methoxy groups -OCH3 is 1. The van der Waals surface area contributed by atoms with Crippen molar-refractivity contribution in [2.24, 2.45) is 11.8 Å². The van der Waals surface area contributed by atoms with Crippen molar-refractivity contribution in [3.63, 3.8) is 0 Å². The van der Waals surface area contributed by atoms with Gasteiger partial charge in [-0.25, -0.2) is 8.37 Å². The number of piperidine rings is 1. The Kier molecular flexibility index (Phi) is 14.2. The fourth-order valence-corrected chi connectivity index (χ4v) is 6.57. The van der Waals surface area contributed by atoms with E-state index in [-0.39, 0.29) is 13.1 Å². The first kappa shape index (κ1) is 41.2. The molecular formula is C24H41N3O20S2. The monoisotopic (exact) mass is 755 g/mol. The van der Waals surface area contributed by atoms with Crippen molar-refractivity contribution >= 4 is 38.6 Å². The Morgan fingerprint density at radius 1 is 0.796 bits per heavy atom. The minimum Gasteiger partial charge on any atom is -0.481 e. The van der Waals surface area contributed by atoms with Gasteiger partial charge in [0.15, 0.2) is 12.6 Å². The van der Waals surface area contributed by atoms with Gasteiger partial charge in [-0.3, -0.25) is 28.4 Å². The van der Waals surface area contributed by atoms with Crippen LogP contribution in [0, 0.1) is 11.8 Å². The quantitative estimate of drug-likeness (QED) is 0.0745. The third-order valence-electron chi connectivity index (χ3n) is 8.08. The minimum absolute atomic E-state index is 0.310. The molecule has 0 aromatic rings. The molecule has 2 amide bonds. The standard InChI is InChI=1S/C24H41N3O20S2/c1-9(28)25-16-18(31)11(14(45-23(16)42-3)7-43-48(36,37)38)4-27-5-12(22(34)35)21(13(30)6-27)47-24-17(26-10(2)29)20(33)19(32)15(46-24)8-44-49(39,40)41/h11-21,23-24,30-33H,4-8H2,1-3H3,(H,25,28)(H,26,29)(H,34,35)(H,36,37,38)(H,39,40,41)/t11-,12+,13-,14-,15-,16-,17-,18+,19-,20-,21-,23+,24-/m1/s1. The predicted molar refractivity (Wildman–Crippen MR) is 154 cm³/mol. The zero-order chi connectivity index (χ0) is 37.0. The van der Waals surface area contributed by atoms with E-state index >= 15 is 0 Å². The summed E-state index contributed by atoms with van der Waals surface area (Å²) >= 11 is 0. The fraction of sp³-hybridized carbons (Fsp3) is 0.875. The molecule has 284 valence electrons. The number of carboxylic acid groups (broad SMARTS) is 1. The van der Waals surface area contributed by atoms with Gasteiger partial charge in [-0.05, 0) is 0 Å². The molecule has 0 aromatic carbocycles. The highest BCUT2D eigenvalue weighted by atomic mass is 32.3. The van der Waals surface area contributed by atoms with E-state index in [0.717, 1.165) is 13.8 Å². The Labute approximate surface area is 280 Å². The summed E-state index contributed by atoms with van der Waals surface area (Å²) in [6, 6.07) is -2.78. The Hall–Kier alpha value is -2.21. The molecule has 0 aliphatic carbocycles. The SMILES string of the molecule is CO[C@H]1O[C@H](COS(=O)(=O)O)[C@@H](CN2C[C@@H](O)[C@H](O[C@H]3O[C@H](COS(=O)(=O)O)[C@@H](O)[C@H](O)[C@H]3NC(C)=O)[C@@H](C(=O)O)C2)[C@H](O)[C@H]1NC(C)=O. The van der Waals surface area contributed by atoms with Gasteiger partial charge >= 0.3 is 26.8 Å². The van der Waals surface area contributed by atoms with Gasteiger partial charge in [0.1, 0.15) is 36.5 Å². The number of hydrogen-bond acceptors (Lipinski definition) is 18. The normalized spacial score (nSPS) is 37.7. The summed E-state index contributed by atoms with van der Waals surface area (Å²) < 4.78 is 93.6. The third-order valence-corrected chi connectivity index (χ3v) is 8.94. The van der Waals surface area contributed by atoms with E-state index in [1.807, 2.05) is 0 Å². The number of aliphatic hydroxyl groups is 4. The summed E-state index contributed by atoms with van der Waals surface area (Å²) in [5, 5.41) is 58.4. The van der Waals surface area contributed by atoms with Gasteiger partial charge < -0.3 is 55.1 Å². The van der Waals surface area contributed by atoms with Crippen LogP contribution in [0.4, 0.5) is 0 Å². The summed E-state index contributed by atoms with van der Waals surface area (Å²) in [6.07, 6.45) is -14.8. The number of aliphatic carboxylic acids is 1. The number of rotatable bonds is 14. The first-order valence-corrected chi connectivity index (χ1v) is 17.3. The highest BCUT2D eigenvalue weighted by Gasteiger charge is 2.52. The van der Waals surface area contributed by atoms with Crippen LogP contribution in [0.15, 0.2) is 0 Å². The van der Waals surface area contributed by atoms with Crippen LogP contribution >= 0.6 is 0 Å². The predicted octanol–water partition coefficient (Wildman–Crippen LogP) is -5.81. The molecule has 3 fully saturated rings. The topological polar surface area (TPSA) is 344 Å². The second-order valence-electron chi connectivity index (χ2n) is 11.7. The maximum atomic E-state index is 12.5. The summed E-state index contributed by atoms with van der Waals surface area (Å²) in [5.74, 6) is -5.62. The molecule has 0 spiro atoms. The molecule has 0 unspecified atom stereocenters. The van der Waals surface area contributed by atoms with Crippen molar-refractivity contribution in [3.05, 3.63) is 0 Å². The Bertz CT molecular complexity index is 1390. The number of amides is 2. The lowest BCUT2D eigenvalue weighted by atomic mass is 9.85. The van der Waals surface area contributed by atoms with Crippen LogP contribution in [-0.4, -0.2) is 182 Å². The zero-order valence-electron chi connectivity index (χ0n) is 26.2. The molecule has 49 heavy (non-hydrogen) atoms. The molecule has 3 aliphatic heterocycles. The Balaban J connectivity index is 1.86. The number of carbonyl (C=O) groups is 3. The number of nitrogens with one attached hydrogen (secondary N) is 2. The Morgan fingerprint density at radius 2 is 1.31 bits per heavy atom. The van der Waals surface area contributed by atoms with Crippen molar-refractivity contribution < 1.29 is 93.2 Å². The lowest BCUT2D eigenvalue weighted by molar-refractivity contribution is -0.297. The average molecular weight is 756 g/mol. The Morgan fingerprint density at radius 3 is 1.80 bits per heavy atom. The van der Waals surface area contributed by atoms with E-state index < -0.39 is 138 Å². The van der Waals surface area contributed by atoms with Gasteiger partial charge in [-0.15, -0.1) is 0 Å². The molecule has 3 rings (SSSR count). The number of carboxylic acids is 1. The van der Waals surface area contributed by atoms with Crippen molar-refractivity contribution in [1.29, 1.82) is 0 Å². The van der Waals surface area contributed by atoms with Crippen molar-refractivity contribution in [2.75, 3.05) is 40.0 Å². The molecule has 13 atom stereocenters. The summed E-state index contributed by atoms with van der Waals surface area (Å²) in [6.45, 7) is -0.781. The van der Waals surface area contributed by atoms with Crippen LogP contribution in [0.25, 0.3) is 0 Å². The molecule has 9 N–H and O–H groups in total. The van der Waals surface area contributed by atoms with Gasteiger partial charge in [0.25, 0.3) is 0 Å². The molecule has 25 heteroatoms. The van der Waals surface area contributed by atoms with Crippen molar-refractivity contribution in [1.82, 2.24) is 15.5 Å². The largest absolute Gasteiger partial charge is 0.481 e. The number of β-amino-alcohol motifs (C(OH)–C–C–N with tert-alkyl or cyclic N) is 1. The van der Waals surface area contributed by atoms with Crippen LogP contribution in [0.1, 0.15) is 13.8 Å². The summed E-state index contributed by atoms with van der Waals surface area (Å²) in [4.78, 5) is 37.5. The second kappa shape index (κ2) is 16.9. The summed E-state index contributed by atoms with van der Waals surface area (Å²) in [5.41, 5.74) is 0. The number of likely N-dealkylation sites (tertiary alicyclic amines) is 1. The highest BCUT2D eigenvalue weighted by molar-refractivity contribution is 7.81. The summed E-state index contributed by atoms with van der Waals surface area (Å²) in [7, 11) is -8.83. The van der Waals surface area contributed by atoms with Crippen LogP contribution in [0.5, 0.6) is 0 Å². The van der Waals surface area contributed by atoms with E-state index in [1.165, 1.54) is 12.0 Å². The molecule has 0 aromatic heterocycles. The van der Waals surface area contributed by atoms with Gasteiger partial charge in [0.2, 0.25) is 11.8 Å². The van der Waals surface area contributed by atoms with Crippen molar-refractivity contribution in [2.45, 2.75) is 81.2 Å². The lowest BCUT2D eigenvalue weighted by Crippen LogP contribution is -2.67. The van der Waals surface area contributed by atoms with Crippen LogP contribution in [-0.2, 0) is 62.5 Å². The number of ether oxygens (including phenoxy) is 4. The lowest BCUT2D eigenvalue weighted by Gasteiger charge is -2.48. The van der Waals surface area contributed by atoms with Crippen LogP contribution < -0.4 is 10.6 Å². The molecule has 3 saturated heterocycles.